The van der Waals surface area contributed by atoms with Gasteiger partial charge < -0.3 is 15.8 Å². The Morgan fingerprint density at radius 1 is 1.22 bits per heavy atom. The van der Waals surface area contributed by atoms with Gasteiger partial charge in [0, 0.05) is 25.3 Å². The summed E-state index contributed by atoms with van der Waals surface area (Å²) in [6.07, 6.45) is 0.972. The molecule has 142 valence electrons. The average Bonchev–Trinajstić information content (AvgIpc) is 3.17. The second kappa shape index (κ2) is 6.43. The first-order valence-corrected chi connectivity index (χ1v) is 8.84. The van der Waals surface area contributed by atoms with Crippen LogP contribution in [-0.2, 0) is 14.3 Å². The molecule has 1 aromatic carbocycles. The Hall–Kier alpha value is -2.78. The maximum Gasteiger partial charge on any atom is 0.262 e. The molecule has 2 saturated heterocycles. The quantitative estimate of drug-likeness (QED) is 0.614. The van der Waals surface area contributed by atoms with Gasteiger partial charge in [0.2, 0.25) is 11.8 Å². The van der Waals surface area contributed by atoms with Crippen LogP contribution in [0.4, 0.5) is 5.69 Å². The van der Waals surface area contributed by atoms with Crippen LogP contribution in [0.3, 0.4) is 0 Å². The number of carbonyl (C=O) groups is 4. The number of hydrogen-bond acceptors (Lipinski definition) is 7. The number of carbonyl (C=O) groups excluding carboxylic acids is 4. The van der Waals surface area contributed by atoms with Gasteiger partial charge >= 0.3 is 0 Å². The van der Waals surface area contributed by atoms with Crippen LogP contribution in [0.2, 0.25) is 0 Å². The SMILES string of the molecule is NC1(CNc2ccc3c(c2)C(=O)N(C2CCC(=O)NC2=O)C3=O)CCOC1. The molecule has 9 nitrogen and oxygen atoms in total. The summed E-state index contributed by atoms with van der Waals surface area (Å²) < 4.78 is 5.32. The molecule has 4 rings (SSSR count). The van der Waals surface area contributed by atoms with Crippen molar-refractivity contribution in [2.45, 2.75) is 30.8 Å². The van der Waals surface area contributed by atoms with Crippen LogP contribution in [0.15, 0.2) is 18.2 Å². The molecule has 0 saturated carbocycles. The predicted octanol–water partition coefficient (Wildman–Crippen LogP) is -0.383. The Balaban J connectivity index is 1.53. The van der Waals surface area contributed by atoms with E-state index in [-0.39, 0.29) is 24.0 Å². The van der Waals surface area contributed by atoms with E-state index < -0.39 is 35.2 Å². The Labute approximate surface area is 155 Å². The van der Waals surface area contributed by atoms with Gasteiger partial charge in [-0.3, -0.25) is 29.4 Å². The minimum atomic E-state index is -0.963. The summed E-state index contributed by atoms with van der Waals surface area (Å²) in [5.41, 5.74) is 6.92. The van der Waals surface area contributed by atoms with E-state index in [1.165, 1.54) is 0 Å². The number of imide groups is 2. The summed E-state index contributed by atoms with van der Waals surface area (Å²) in [4.78, 5) is 49.8. The molecule has 0 radical (unpaired) electrons. The highest BCUT2D eigenvalue weighted by atomic mass is 16.5. The second-order valence-electron chi connectivity index (χ2n) is 7.23. The van der Waals surface area contributed by atoms with Crippen LogP contribution in [0, 0.1) is 0 Å². The lowest BCUT2D eigenvalue weighted by Crippen LogP contribution is -2.54. The van der Waals surface area contributed by atoms with E-state index >= 15 is 0 Å². The molecule has 9 heteroatoms. The van der Waals surface area contributed by atoms with E-state index in [2.05, 4.69) is 10.6 Å². The molecular weight excluding hydrogens is 352 g/mol. The summed E-state index contributed by atoms with van der Waals surface area (Å²) in [6.45, 7) is 1.56. The molecule has 4 N–H and O–H groups in total. The zero-order chi connectivity index (χ0) is 19.2. The number of anilines is 1. The van der Waals surface area contributed by atoms with Crippen LogP contribution < -0.4 is 16.4 Å². The van der Waals surface area contributed by atoms with Gasteiger partial charge in [-0.1, -0.05) is 0 Å². The number of rotatable bonds is 4. The smallest absolute Gasteiger partial charge is 0.262 e. The lowest BCUT2D eigenvalue weighted by Gasteiger charge is -2.27. The fourth-order valence-corrected chi connectivity index (χ4v) is 3.62. The third-order valence-corrected chi connectivity index (χ3v) is 5.22. The van der Waals surface area contributed by atoms with Gasteiger partial charge in [0.25, 0.3) is 11.8 Å². The zero-order valence-electron chi connectivity index (χ0n) is 14.6. The highest BCUT2D eigenvalue weighted by Crippen LogP contribution is 2.29. The highest BCUT2D eigenvalue weighted by Gasteiger charge is 2.44. The Bertz CT molecular complexity index is 846. The van der Waals surface area contributed by atoms with E-state index in [0.717, 1.165) is 11.3 Å². The van der Waals surface area contributed by atoms with Crippen molar-refractivity contribution in [2.75, 3.05) is 25.1 Å². The van der Waals surface area contributed by atoms with Crippen molar-refractivity contribution in [1.82, 2.24) is 10.2 Å². The van der Waals surface area contributed by atoms with Crippen molar-refractivity contribution < 1.29 is 23.9 Å². The topological polar surface area (TPSA) is 131 Å². The summed E-state index contributed by atoms with van der Waals surface area (Å²) in [5.74, 6) is -2.06. The third-order valence-electron chi connectivity index (χ3n) is 5.22. The van der Waals surface area contributed by atoms with Gasteiger partial charge in [0.15, 0.2) is 0 Å². The molecule has 2 fully saturated rings. The first-order valence-electron chi connectivity index (χ1n) is 8.84. The fourth-order valence-electron chi connectivity index (χ4n) is 3.62. The van der Waals surface area contributed by atoms with Crippen molar-refractivity contribution in [3.05, 3.63) is 29.3 Å². The van der Waals surface area contributed by atoms with Crippen molar-refractivity contribution in [3.63, 3.8) is 0 Å². The van der Waals surface area contributed by atoms with Gasteiger partial charge in [-0.2, -0.15) is 0 Å². The standard InChI is InChI=1S/C18H20N4O5/c19-18(5-6-27-9-18)8-20-10-1-2-11-12(7-10)17(26)22(16(11)25)13-3-4-14(23)21-15(13)24/h1-2,7,13,20H,3-6,8-9,19H2,(H,21,23,24). The van der Waals surface area contributed by atoms with Gasteiger partial charge in [-0.15, -0.1) is 0 Å². The molecule has 2 unspecified atom stereocenters. The Morgan fingerprint density at radius 2 is 2.00 bits per heavy atom. The van der Waals surface area contributed by atoms with Crippen molar-refractivity contribution in [1.29, 1.82) is 0 Å². The maximum absolute atomic E-state index is 12.8. The molecule has 0 aromatic heterocycles. The van der Waals surface area contributed by atoms with Crippen LogP contribution in [0.1, 0.15) is 40.0 Å². The number of nitrogens with two attached hydrogens (primary N) is 1. The van der Waals surface area contributed by atoms with Crippen LogP contribution >= 0.6 is 0 Å². The summed E-state index contributed by atoms with van der Waals surface area (Å²) in [7, 11) is 0. The number of hydrogen-bond donors (Lipinski definition) is 3. The Morgan fingerprint density at radius 3 is 2.70 bits per heavy atom. The number of nitrogens with zero attached hydrogens (tertiary/aromatic N) is 1. The first kappa shape index (κ1) is 17.6. The molecule has 2 atom stereocenters. The van der Waals surface area contributed by atoms with Gasteiger partial charge in [-0.05, 0) is 31.0 Å². The van der Waals surface area contributed by atoms with E-state index in [1.54, 1.807) is 18.2 Å². The largest absolute Gasteiger partial charge is 0.383 e. The molecule has 3 aliphatic heterocycles. The van der Waals surface area contributed by atoms with Crippen LogP contribution in [0.5, 0.6) is 0 Å². The lowest BCUT2D eigenvalue weighted by molar-refractivity contribution is -0.136. The number of ether oxygens (including phenoxy) is 1. The fraction of sp³-hybridized carbons (Fsp3) is 0.444. The molecule has 0 spiro atoms. The van der Waals surface area contributed by atoms with Crippen LogP contribution in [-0.4, -0.2) is 59.9 Å². The second-order valence-corrected chi connectivity index (χ2v) is 7.23. The molecule has 0 aliphatic carbocycles. The number of piperidine rings is 1. The molecular formula is C18H20N4O5. The monoisotopic (exact) mass is 372 g/mol. The lowest BCUT2D eigenvalue weighted by atomic mass is 10.00. The van der Waals surface area contributed by atoms with E-state index in [9.17, 15) is 19.2 Å². The highest BCUT2D eigenvalue weighted by molar-refractivity contribution is 6.23. The van der Waals surface area contributed by atoms with Gasteiger partial charge in [0.1, 0.15) is 6.04 Å². The first-order chi connectivity index (χ1) is 12.9. The van der Waals surface area contributed by atoms with Gasteiger partial charge in [0.05, 0.1) is 23.3 Å². The molecule has 4 amide bonds. The minimum absolute atomic E-state index is 0.0945. The van der Waals surface area contributed by atoms with Crippen molar-refractivity contribution >= 4 is 29.3 Å². The molecule has 3 heterocycles. The van der Waals surface area contributed by atoms with E-state index in [1.807, 2.05) is 0 Å². The number of amides is 4. The van der Waals surface area contributed by atoms with Crippen LogP contribution in [0.25, 0.3) is 0 Å². The summed E-state index contributed by atoms with van der Waals surface area (Å²) >= 11 is 0. The van der Waals surface area contributed by atoms with Crippen molar-refractivity contribution in [3.8, 4) is 0 Å². The summed E-state index contributed by atoms with van der Waals surface area (Å²) in [5, 5.41) is 5.37. The minimum Gasteiger partial charge on any atom is -0.383 e. The molecule has 3 aliphatic rings. The summed E-state index contributed by atoms with van der Waals surface area (Å²) in [6, 6.07) is 3.91. The third kappa shape index (κ3) is 3.08. The Kier molecular flexibility index (Phi) is 4.20. The van der Waals surface area contributed by atoms with E-state index in [4.69, 9.17) is 10.5 Å². The molecule has 27 heavy (non-hydrogen) atoms. The van der Waals surface area contributed by atoms with Crippen molar-refractivity contribution in [2.24, 2.45) is 5.73 Å². The van der Waals surface area contributed by atoms with Gasteiger partial charge in [-0.25, -0.2) is 0 Å². The maximum atomic E-state index is 12.8. The van der Waals surface area contributed by atoms with E-state index in [0.29, 0.717) is 25.4 Å². The normalized spacial score (nSPS) is 27.7. The predicted molar refractivity (Wildman–Crippen MR) is 94.0 cm³/mol. The average molecular weight is 372 g/mol. The number of nitrogens with one attached hydrogen (secondary N) is 2. The molecule has 1 aromatic rings. The zero-order valence-corrected chi connectivity index (χ0v) is 14.6. The number of fused-ring (bicyclic) bond motifs is 1. The molecule has 0 bridgehead atoms. The number of benzene rings is 1.